The number of carbonyl (C=O) groups excluding carboxylic acids is 1. The Kier molecular flexibility index (Phi) is 3.72. The van der Waals surface area contributed by atoms with Crippen molar-refractivity contribution in [3.63, 3.8) is 0 Å². The minimum absolute atomic E-state index is 0.128. The lowest BCUT2D eigenvalue weighted by Gasteiger charge is -1.99. The number of aryl methyl sites for hydroxylation is 1. The normalized spacial score (nSPS) is 10.4. The number of hydrogen-bond donors (Lipinski definition) is 1. The van der Waals surface area contributed by atoms with Crippen LogP contribution in [-0.2, 0) is 11.2 Å². The van der Waals surface area contributed by atoms with Gasteiger partial charge in [0, 0.05) is 18.2 Å². The molecule has 3 nitrogen and oxygen atoms in total. The average Bonchev–Trinajstić information content (AvgIpc) is 2.61. The van der Waals surface area contributed by atoms with Crippen molar-refractivity contribution in [2.75, 3.05) is 5.32 Å². The summed E-state index contributed by atoms with van der Waals surface area (Å²) < 4.78 is 12.8. The number of nitrogens with one attached hydrogen (secondary N) is 1. The molecule has 2 rings (SSSR count). The second-order valence-corrected chi connectivity index (χ2v) is 5.10. The Morgan fingerprint density at radius 1 is 1.39 bits per heavy atom. The van der Waals surface area contributed by atoms with Gasteiger partial charge >= 0.3 is 0 Å². The Balaban J connectivity index is 2.16. The van der Waals surface area contributed by atoms with E-state index in [9.17, 15) is 9.18 Å². The summed E-state index contributed by atoms with van der Waals surface area (Å²) in [5.74, 6) is -0.365. The molecular formula is C13H13FN2OS. The van der Waals surface area contributed by atoms with Crippen LogP contribution in [0.4, 0.5) is 9.52 Å². The molecule has 1 aromatic carbocycles. The summed E-state index contributed by atoms with van der Waals surface area (Å²) >= 11 is 1.45. The van der Waals surface area contributed by atoms with Gasteiger partial charge in [-0.2, -0.15) is 0 Å². The summed E-state index contributed by atoms with van der Waals surface area (Å²) in [5.41, 5.74) is 1.92. The third kappa shape index (κ3) is 3.13. The highest BCUT2D eigenvalue weighted by Gasteiger charge is 2.09. The third-order valence-electron chi connectivity index (χ3n) is 2.45. The lowest BCUT2D eigenvalue weighted by Crippen LogP contribution is -2.04. The van der Waals surface area contributed by atoms with Crippen LogP contribution < -0.4 is 5.32 Å². The van der Waals surface area contributed by atoms with Crippen LogP contribution in [0.1, 0.15) is 23.1 Å². The van der Waals surface area contributed by atoms with Crippen molar-refractivity contribution in [1.82, 2.24) is 4.98 Å². The topological polar surface area (TPSA) is 42.0 Å². The number of benzene rings is 1. The Bertz CT molecular complexity index is 563. The predicted molar refractivity (Wildman–Crippen MR) is 70.4 cm³/mol. The molecule has 0 saturated heterocycles. The van der Waals surface area contributed by atoms with Crippen molar-refractivity contribution in [1.29, 1.82) is 0 Å². The van der Waals surface area contributed by atoms with E-state index in [1.54, 1.807) is 12.1 Å². The number of rotatable bonds is 3. The van der Waals surface area contributed by atoms with Gasteiger partial charge in [0.05, 0.1) is 5.69 Å². The number of thiazole rings is 1. The zero-order valence-corrected chi connectivity index (χ0v) is 11.0. The number of amides is 1. The minimum Gasteiger partial charge on any atom is -0.302 e. The van der Waals surface area contributed by atoms with E-state index in [4.69, 9.17) is 0 Å². The first-order valence-electron chi connectivity index (χ1n) is 5.53. The zero-order valence-electron chi connectivity index (χ0n) is 10.2. The number of hydrogen-bond acceptors (Lipinski definition) is 3. The number of aromatic nitrogens is 1. The number of nitrogens with zero attached hydrogens (tertiary/aromatic N) is 1. The first-order chi connectivity index (χ1) is 8.54. The second kappa shape index (κ2) is 5.27. The zero-order chi connectivity index (χ0) is 13.1. The molecule has 0 radical (unpaired) electrons. The molecule has 0 atom stereocenters. The molecule has 0 aliphatic heterocycles. The van der Waals surface area contributed by atoms with Gasteiger partial charge < -0.3 is 5.32 Å². The van der Waals surface area contributed by atoms with E-state index in [0.717, 1.165) is 16.1 Å². The van der Waals surface area contributed by atoms with Crippen molar-refractivity contribution in [2.24, 2.45) is 0 Å². The van der Waals surface area contributed by atoms with Gasteiger partial charge in [0.25, 0.3) is 0 Å². The highest BCUT2D eigenvalue weighted by Crippen LogP contribution is 2.25. The SMILES string of the molecule is CC(=O)Nc1nc(C)c(Cc2ccc(F)cc2)s1. The summed E-state index contributed by atoms with van der Waals surface area (Å²) in [5, 5.41) is 3.28. The summed E-state index contributed by atoms with van der Waals surface area (Å²) in [6, 6.07) is 6.40. The van der Waals surface area contributed by atoms with Gasteiger partial charge in [0.15, 0.2) is 5.13 Å². The summed E-state index contributed by atoms with van der Waals surface area (Å²) in [7, 11) is 0. The van der Waals surface area contributed by atoms with E-state index in [2.05, 4.69) is 10.3 Å². The van der Waals surface area contributed by atoms with E-state index >= 15 is 0 Å². The molecule has 0 fully saturated rings. The maximum absolute atomic E-state index is 12.8. The Morgan fingerprint density at radius 3 is 2.67 bits per heavy atom. The Morgan fingerprint density at radius 2 is 2.06 bits per heavy atom. The molecule has 0 saturated carbocycles. The van der Waals surface area contributed by atoms with Crippen LogP contribution in [-0.4, -0.2) is 10.9 Å². The molecule has 0 aliphatic carbocycles. The van der Waals surface area contributed by atoms with Crippen LogP contribution in [0, 0.1) is 12.7 Å². The molecule has 1 N–H and O–H groups in total. The molecule has 18 heavy (non-hydrogen) atoms. The first-order valence-corrected chi connectivity index (χ1v) is 6.34. The van der Waals surface area contributed by atoms with Crippen molar-refractivity contribution in [3.8, 4) is 0 Å². The van der Waals surface area contributed by atoms with Gasteiger partial charge in [-0.05, 0) is 24.6 Å². The summed E-state index contributed by atoms with van der Waals surface area (Å²) in [6.07, 6.45) is 0.698. The molecule has 1 aromatic heterocycles. The number of anilines is 1. The Hall–Kier alpha value is -1.75. The van der Waals surface area contributed by atoms with Crippen molar-refractivity contribution < 1.29 is 9.18 Å². The molecule has 94 valence electrons. The fourth-order valence-corrected chi connectivity index (χ4v) is 2.63. The molecule has 2 aromatic rings. The van der Waals surface area contributed by atoms with E-state index in [1.807, 2.05) is 6.92 Å². The van der Waals surface area contributed by atoms with Gasteiger partial charge in [-0.25, -0.2) is 9.37 Å². The highest BCUT2D eigenvalue weighted by molar-refractivity contribution is 7.15. The summed E-state index contributed by atoms with van der Waals surface area (Å²) in [6.45, 7) is 3.36. The number of halogens is 1. The van der Waals surface area contributed by atoms with Crippen LogP contribution in [0.15, 0.2) is 24.3 Å². The predicted octanol–water partition coefficient (Wildman–Crippen LogP) is 3.14. The molecule has 0 unspecified atom stereocenters. The highest BCUT2D eigenvalue weighted by atomic mass is 32.1. The largest absolute Gasteiger partial charge is 0.302 e. The first kappa shape index (κ1) is 12.7. The number of carbonyl (C=O) groups is 1. The quantitative estimate of drug-likeness (QED) is 0.925. The molecule has 1 heterocycles. The minimum atomic E-state index is -0.237. The van der Waals surface area contributed by atoms with Crippen molar-refractivity contribution in [2.45, 2.75) is 20.3 Å². The summed E-state index contributed by atoms with van der Waals surface area (Å²) in [4.78, 5) is 16.3. The third-order valence-corrected chi connectivity index (χ3v) is 3.53. The standard InChI is InChI=1S/C13H13FN2OS/c1-8-12(18-13(15-8)16-9(2)17)7-10-3-5-11(14)6-4-10/h3-6H,7H2,1-2H3,(H,15,16,17). The van der Waals surface area contributed by atoms with Crippen LogP contribution in [0.5, 0.6) is 0 Å². The molecule has 0 bridgehead atoms. The molecule has 1 amide bonds. The van der Waals surface area contributed by atoms with E-state index < -0.39 is 0 Å². The smallest absolute Gasteiger partial charge is 0.223 e. The molecular weight excluding hydrogens is 251 g/mol. The fourth-order valence-electron chi connectivity index (χ4n) is 1.58. The second-order valence-electron chi connectivity index (χ2n) is 4.01. The fraction of sp³-hybridized carbons (Fsp3) is 0.231. The van der Waals surface area contributed by atoms with E-state index in [0.29, 0.717) is 11.6 Å². The molecule has 0 spiro atoms. The van der Waals surface area contributed by atoms with Gasteiger partial charge in [-0.1, -0.05) is 12.1 Å². The van der Waals surface area contributed by atoms with Crippen LogP contribution >= 0.6 is 11.3 Å². The maximum atomic E-state index is 12.8. The lowest BCUT2D eigenvalue weighted by molar-refractivity contribution is -0.114. The van der Waals surface area contributed by atoms with Gasteiger partial charge in [0.2, 0.25) is 5.91 Å². The lowest BCUT2D eigenvalue weighted by atomic mass is 10.1. The monoisotopic (exact) mass is 264 g/mol. The van der Waals surface area contributed by atoms with Crippen LogP contribution in [0.25, 0.3) is 0 Å². The molecule has 5 heteroatoms. The van der Waals surface area contributed by atoms with Gasteiger partial charge in [0.1, 0.15) is 5.82 Å². The van der Waals surface area contributed by atoms with Crippen molar-refractivity contribution >= 4 is 22.4 Å². The van der Waals surface area contributed by atoms with Gasteiger partial charge in [-0.15, -0.1) is 11.3 Å². The maximum Gasteiger partial charge on any atom is 0.223 e. The average molecular weight is 264 g/mol. The van der Waals surface area contributed by atoms with Crippen LogP contribution in [0.2, 0.25) is 0 Å². The van der Waals surface area contributed by atoms with E-state index in [1.165, 1.54) is 30.4 Å². The van der Waals surface area contributed by atoms with E-state index in [-0.39, 0.29) is 11.7 Å². The van der Waals surface area contributed by atoms with Crippen LogP contribution in [0.3, 0.4) is 0 Å². The van der Waals surface area contributed by atoms with Gasteiger partial charge in [-0.3, -0.25) is 4.79 Å². The Labute approximate surface area is 109 Å². The van der Waals surface area contributed by atoms with Crippen molar-refractivity contribution in [3.05, 3.63) is 46.2 Å². The molecule has 0 aliphatic rings.